The number of aromatic nitrogens is 2. The Hall–Kier alpha value is -3.45. The van der Waals surface area contributed by atoms with Crippen LogP contribution in [0.5, 0.6) is 0 Å². The van der Waals surface area contributed by atoms with Crippen molar-refractivity contribution >= 4 is 11.9 Å². The van der Waals surface area contributed by atoms with Gasteiger partial charge in [0.05, 0.1) is 42.7 Å². The van der Waals surface area contributed by atoms with Crippen LogP contribution in [0.4, 0.5) is 4.79 Å². The second kappa shape index (κ2) is 8.96. The van der Waals surface area contributed by atoms with E-state index in [2.05, 4.69) is 5.10 Å². The summed E-state index contributed by atoms with van der Waals surface area (Å²) in [5, 5.41) is 4.36. The minimum atomic E-state index is -0.338. The molecule has 0 saturated carbocycles. The molecule has 7 nitrogen and oxygen atoms in total. The number of carbonyl (C=O) groups excluding carboxylic acids is 2. The number of ketones is 1. The molecule has 2 atom stereocenters. The monoisotopic (exact) mass is 431 g/mol. The number of carbonyl (C=O) groups is 2. The van der Waals surface area contributed by atoms with Crippen molar-refractivity contribution in [1.82, 2.24) is 14.7 Å². The number of fused-ring (bicyclic) bond motifs is 2. The number of hydrogen-bond acceptors (Lipinski definition) is 5. The van der Waals surface area contributed by atoms with Crippen molar-refractivity contribution in [3.8, 4) is 5.69 Å². The number of hydrogen-bond donors (Lipinski definition) is 0. The van der Waals surface area contributed by atoms with Gasteiger partial charge in [-0.25, -0.2) is 9.48 Å². The normalized spacial score (nSPS) is 22.4. The highest BCUT2D eigenvalue weighted by Gasteiger charge is 2.44. The Balaban J connectivity index is 1.25. The van der Waals surface area contributed by atoms with Crippen molar-refractivity contribution in [1.29, 1.82) is 0 Å². The number of amides is 1. The van der Waals surface area contributed by atoms with Crippen molar-refractivity contribution in [2.45, 2.75) is 31.5 Å². The molecule has 2 aromatic carbocycles. The van der Waals surface area contributed by atoms with E-state index in [1.165, 1.54) is 0 Å². The Bertz CT molecular complexity index is 1070. The largest absolute Gasteiger partial charge is 0.445 e. The standard InChI is InChI=1S/C25H25N3O4/c29-24(20-13-26-27(14-20)21-9-5-2-6-10-21)19-11-22-16-31-17-23(12-19)28(22)25(30)32-15-18-7-3-1-4-8-18/h1-10,13-14,19,22-23H,11-12,15-17H2. The summed E-state index contributed by atoms with van der Waals surface area (Å²) >= 11 is 0. The second-order valence-corrected chi connectivity index (χ2v) is 8.33. The van der Waals surface area contributed by atoms with Crippen LogP contribution >= 0.6 is 0 Å². The van der Waals surface area contributed by atoms with Crippen molar-refractivity contribution in [2.75, 3.05) is 13.2 Å². The lowest BCUT2D eigenvalue weighted by Gasteiger charge is -2.47. The van der Waals surface area contributed by atoms with Crippen molar-refractivity contribution in [2.24, 2.45) is 5.92 Å². The van der Waals surface area contributed by atoms with Crippen LogP contribution in [0, 0.1) is 5.92 Å². The molecule has 5 rings (SSSR count). The van der Waals surface area contributed by atoms with Gasteiger partial charge >= 0.3 is 6.09 Å². The maximum absolute atomic E-state index is 13.2. The fraction of sp³-hybridized carbons (Fsp3) is 0.320. The summed E-state index contributed by atoms with van der Waals surface area (Å²) in [4.78, 5) is 27.9. The van der Waals surface area contributed by atoms with E-state index in [4.69, 9.17) is 9.47 Å². The van der Waals surface area contributed by atoms with Crippen molar-refractivity contribution < 1.29 is 19.1 Å². The maximum Gasteiger partial charge on any atom is 0.410 e. The first-order chi connectivity index (χ1) is 15.7. The third-order valence-electron chi connectivity index (χ3n) is 6.20. The third-order valence-corrected chi connectivity index (χ3v) is 6.20. The van der Waals surface area contributed by atoms with Gasteiger partial charge in [0.1, 0.15) is 6.61 Å². The minimum absolute atomic E-state index is 0.0707. The van der Waals surface area contributed by atoms with Crippen LogP contribution < -0.4 is 0 Å². The molecular weight excluding hydrogens is 406 g/mol. The molecule has 0 N–H and O–H groups in total. The van der Waals surface area contributed by atoms with Gasteiger partial charge in [0.2, 0.25) is 0 Å². The first kappa shape index (κ1) is 20.5. The number of nitrogens with zero attached hydrogens (tertiary/aromatic N) is 3. The molecule has 2 aliphatic rings. The minimum Gasteiger partial charge on any atom is -0.445 e. The van der Waals surface area contributed by atoms with Gasteiger partial charge < -0.3 is 9.47 Å². The summed E-state index contributed by atoms with van der Waals surface area (Å²) in [5.41, 5.74) is 2.45. The van der Waals surface area contributed by atoms with Gasteiger partial charge in [-0.05, 0) is 30.5 Å². The van der Waals surface area contributed by atoms with E-state index in [-0.39, 0.29) is 36.5 Å². The fourth-order valence-electron chi connectivity index (χ4n) is 4.63. The highest BCUT2D eigenvalue weighted by Crippen LogP contribution is 2.34. The van der Waals surface area contributed by atoms with Gasteiger partial charge in [0.15, 0.2) is 5.78 Å². The molecule has 2 unspecified atom stereocenters. The lowest BCUT2D eigenvalue weighted by atomic mass is 9.81. The maximum atomic E-state index is 13.2. The van der Waals surface area contributed by atoms with Gasteiger partial charge in [0.25, 0.3) is 0 Å². The van der Waals surface area contributed by atoms with Crippen LogP contribution in [0.25, 0.3) is 5.69 Å². The van der Waals surface area contributed by atoms with Crippen LogP contribution in [0.15, 0.2) is 73.1 Å². The quantitative estimate of drug-likeness (QED) is 0.574. The molecule has 3 heterocycles. The lowest BCUT2D eigenvalue weighted by molar-refractivity contribution is -0.0755. The summed E-state index contributed by atoms with van der Waals surface area (Å²) in [5.74, 6) is -0.0955. The second-order valence-electron chi connectivity index (χ2n) is 8.33. The molecular formula is C25H25N3O4. The summed E-state index contributed by atoms with van der Waals surface area (Å²) in [6, 6.07) is 19.0. The molecule has 3 aromatic rings. The Labute approximate surface area is 186 Å². The topological polar surface area (TPSA) is 73.7 Å². The SMILES string of the molecule is O=C(c1cnn(-c2ccccc2)c1)C1CC2COCC(C1)N2C(=O)OCc1ccccc1. The molecule has 1 amide bonds. The number of rotatable bonds is 5. The fourth-order valence-corrected chi connectivity index (χ4v) is 4.63. The molecule has 7 heteroatoms. The lowest BCUT2D eigenvalue weighted by Crippen LogP contribution is -2.59. The van der Waals surface area contributed by atoms with E-state index in [1.807, 2.05) is 60.7 Å². The molecule has 2 fully saturated rings. The summed E-state index contributed by atoms with van der Waals surface area (Å²) in [7, 11) is 0. The van der Waals surface area contributed by atoms with E-state index in [0.717, 1.165) is 11.3 Å². The molecule has 164 valence electrons. The number of piperidine rings is 1. The predicted octanol–water partition coefficient (Wildman–Crippen LogP) is 3.87. The van der Waals surface area contributed by atoms with Crippen molar-refractivity contribution in [3.05, 3.63) is 84.2 Å². The first-order valence-electron chi connectivity index (χ1n) is 10.9. The van der Waals surface area contributed by atoms with Gasteiger partial charge in [-0.15, -0.1) is 0 Å². The predicted molar refractivity (Wildman–Crippen MR) is 117 cm³/mol. The van der Waals surface area contributed by atoms with Crippen LogP contribution in [-0.2, 0) is 16.1 Å². The van der Waals surface area contributed by atoms with Gasteiger partial charge in [-0.3, -0.25) is 9.69 Å². The average Bonchev–Trinajstić information content (AvgIpc) is 3.33. The molecule has 2 bridgehead atoms. The third kappa shape index (κ3) is 4.16. The van der Waals surface area contributed by atoms with E-state index in [0.29, 0.717) is 31.6 Å². The molecule has 2 saturated heterocycles. The Morgan fingerprint density at radius 2 is 1.62 bits per heavy atom. The zero-order valence-electron chi connectivity index (χ0n) is 17.7. The summed E-state index contributed by atoms with van der Waals surface area (Å²) in [6.45, 7) is 1.07. The number of morpholine rings is 1. The van der Waals surface area contributed by atoms with Crippen LogP contribution in [0.2, 0.25) is 0 Å². The van der Waals surface area contributed by atoms with Crippen molar-refractivity contribution in [3.63, 3.8) is 0 Å². The zero-order chi connectivity index (χ0) is 21.9. The van der Waals surface area contributed by atoms with Crippen LogP contribution in [0.1, 0.15) is 28.8 Å². The highest BCUT2D eigenvalue weighted by molar-refractivity contribution is 5.97. The summed E-state index contributed by atoms with van der Waals surface area (Å²) in [6.07, 6.45) is 4.19. The molecule has 1 aromatic heterocycles. The van der Waals surface area contributed by atoms with E-state index >= 15 is 0 Å². The Morgan fingerprint density at radius 3 is 2.31 bits per heavy atom. The van der Waals surface area contributed by atoms with E-state index in [9.17, 15) is 9.59 Å². The van der Waals surface area contributed by atoms with E-state index < -0.39 is 0 Å². The number of benzene rings is 2. The zero-order valence-corrected chi connectivity index (χ0v) is 17.7. The van der Waals surface area contributed by atoms with Gasteiger partial charge in [-0.1, -0.05) is 48.5 Å². The highest BCUT2D eigenvalue weighted by atomic mass is 16.6. The first-order valence-corrected chi connectivity index (χ1v) is 10.9. The Kier molecular flexibility index (Phi) is 5.73. The van der Waals surface area contributed by atoms with E-state index in [1.54, 1.807) is 22.0 Å². The van der Waals surface area contributed by atoms with Gasteiger partial charge in [0, 0.05) is 12.1 Å². The van der Waals surface area contributed by atoms with Crippen LogP contribution in [0.3, 0.4) is 0 Å². The Morgan fingerprint density at radius 1 is 0.969 bits per heavy atom. The number of Topliss-reactive ketones (excluding diaryl/α,β-unsaturated/α-hetero) is 1. The molecule has 0 aliphatic carbocycles. The molecule has 0 spiro atoms. The molecule has 2 aliphatic heterocycles. The smallest absolute Gasteiger partial charge is 0.410 e. The number of ether oxygens (including phenoxy) is 2. The molecule has 0 radical (unpaired) electrons. The average molecular weight is 431 g/mol. The summed E-state index contributed by atoms with van der Waals surface area (Å²) < 4.78 is 13.0. The number of para-hydroxylation sites is 1. The van der Waals surface area contributed by atoms with Gasteiger partial charge in [-0.2, -0.15) is 5.10 Å². The van der Waals surface area contributed by atoms with Crippen LogP contribution in [-0.4, -0.2) is 51.9 Å². The molecule has 32 heavy (non-hydrogen) atoms.